The van der Waals surface area contributed by atoms with Crippen LogP contribution < -0.4 is 4.74 Å². The number of aryl methyl sites for hydroxylation is 1. The Morgan fingerprint density at radius 1 is 1.29 bits per heavy atom. The third kappa shape index (κ3) is 2.93. The van der Waals surface area contributed by atoms with Gasteiger partial charge in [-0.15, -0.1) is 0 Å². The van der Waals surface area contributed by atoms with Crippen LogP contribution >= 0.6 is 0 Å². The van der Waals surface area contributed by atoms with Crippen molar-refractivity contribution in [2.24, 2.45) is 7.05 Å². The summed E-state index contributed by atoms with van der Waals surface area (Å²) in [6.45, 7) is 6.02. The van der Waals surface area contributed by atoms with Crippen molar-refractivity contribution in [1.82, 2.24) is 9.78 Å². The Balaban J connectivity index is 2.53. The molecule has 0 amide bonds. The van der Waals surface area contributed by atoms with Crippen LogP contribution in [0, 0.1) is 5.82 Å². The second-order valence-electron chi connectivity index (χ2n) is 6.12. The number of rotatable bonds is 3. The van der Waals surface area contributed by atoms with Gasteiger partial charge in [-0.1, -0.05) is 32.9 Å². The molecule has 0 fully saturated rings. The first-order chi connectivity index (χ1) is 9.75. The van der Waals surface area contributed by atoms with Gasteiger partial charge in [0.2, 0.25) is 0 Å². The molecule has 0 aliphatic carbocycles. The van der Waals surface area contributed by atoms with E-state index in [2.05, 4.69) is 5.10 Å². The number of methoxy groups -OCH3 is 1. The Bertz CT molecular complexity index is 644. The number of ether oxygens (including phenoxy) is 1. The summed E-state index contributed by atoms with van der Waals surface area (Å²) in [5, 5.41) is 15.0. The van der Waals surface area contributed by atoms with E-state index in [0.29, 0.717) is 5.56 Å². The summed E-state index contributed by atoms with van der Waals surface area (Å²) in [7, 11) is 3.19. The number of nitrogens with zero attached hydrogens (tertiary/aromatic N) is 2. The van der Waals surface area contributed by atoms with Gasteiger partial charge in [0.1, 0.15) is 6.10 Å². The molecular formula is C16H21FN2O2. The van der Waals surface area contributed by atoms with Crippen LogP contribution in [-0.4, -0.2) is 22.0 Å². The Morgan fingerprint density at radius 3 is 2.52 bits per heavy atom. The maximum atomic E-state index is 14.3. The van der Waals surface area contributed by atoms with Crippen LogP contribution in [0.4, 0.5) is 4.39 Å². The van der Waals surface area contributed by atoms with Crippen molar-refractivity contribution in [3.8, 4) is 5.75 Å². The molecule has 0 aliphatic heterocycles. The summed E-state index contributed by atoms with van der Waals surface area (Å²) in [6, 6.07) is 4.75. The Labute approximate surface area is 124 Å². The summed E-state index contributed by atoms with van der Waals surface area (Å²) >= 11 is 0. The second-order valence-corrected chi connectivity index (χ2v) is 6.12. The van der Waals surface area contributed by atoms with Gasteiger partial charge < -0.3 is 9.84 Å². The van der Waals surface area contributed by atoms with Gasteiger partial charge in [-0.25, -0.2) is 4.39 Å². The standard InChI is InChI=1S/C16H21FN2O2/c1-16(2,3)15-11(9-19(4)18-15)14(20)10-7-6-8-12(21-5)13(10)17/h6-9,14,20H,1-5H3. The fourth-order valence-corrected chi connectivity index (χ4v) is 2.35. The van der Waals surface area contributed by atoms with Crippen LogP contribution in [0.1, 0.15) is 43.7 Å². The number of hydrogen-bond acceptors (Lipinski definition) is 3. The van der Waals surface area contributed by atoms with E-state index in [0.717, 1.165) is 5.69 Å². The summed E-state index contributed by atoms with van der Waals surface area (Å²) in [6.07, 6.45) is 0.646. The minimum absolute atomic E-state index is 0.118. The van der Waals surface area contributed by atoms with Crippen molar-refractivity contribution < 1.29 is 14.2 Å². The molecule has 21 heavy (non-hydrogen) atoms. The third-order valence-electron chi connectivity index (χ3n) is 3.37. The molecule has 1 atom stereocenters. The lowest BCUT2D eigenvalue weighted by Crippen LogP contribution is -2.17. The van der Waals surface area contributed by atoms with Gasteiger partial charge in [-0.05, 0) is 6.07 Å². The van der Waals surface area contributed by atoms with Crippen LogP contribution in [0.25, 0.3) is 0 Å². The van der Waals surface area contributed by atoms with E-state index in [1.807, 2.05) is 20.8 Å². The molecule has 1 aromatic carbocycles. The highest BCUT2D eigenvalue weighted by atomic mass is 19.1. The predicted molar refractivity (Wildman–Crippen MR) is 78.9 cm³/mol. The zero-order valence-corrected chi connectivity index (χ0v) is 13.0. The average Bonchev–Trinajstić information content (AvgIpc) is 2.80. The van der Waals surface area contributed by atoms with Crippen molar-refractivity contribution in [3.63, 3.8) is 0 Å². The summed E-state index contributed by atoms with van der Waals surface area (Å²) in [4.78, 5) is 0. The number of aliphatic hydroxyl groups is 1. The Kier molecular flexibility index (Phi) is 4.05. The van der Waals surface area contributed by atoms with E-state index in [4.69, 9.17) is 4.74 Å². The maximum Gasteiger partial charge on any atom is 0.171 e. The van der Waals surface area contributed by atoms with Crippen LogP contribution in [-0.2, 0) is 12.5 Å². The molecule has 1 aromatic heterocycles. The molecule has 0 bridgehead atoms. The molecule has 2 aromatic rings. The first-order valence-corrected chi connectivity index (χ1v) is 6.80. The number of aliphatic hydroxyl groups excluding tert-OH is 1. The molecule has 1 unspecified atom stereocenters. The highest BCUT2D eigenvalue weighted by Crippen LogP contribution is 2.34. The zero-order valence-electron chi connectivity index (χ0n) is 13.0. The fourth-order valence-electron chi connectivity index (χ4n) is 2.35. The number of hydrogen-bond donors (Lipinski definition) is 1. The molecule has 114 valence electrons. The van der Waals surface area contributed by atoms with Crippen molar-refractivity contribution in [1.29, 1.82) is 0 Å². The second kappa shape index (κ2) is 5.48. The van der Waals surface area contributed by atoms with Gasteiger partial charge in [-0.3, -0.25) is 4.68 Å². The summed E-state index contributed by atoms with van der Waals surface area (Å²) in [5.41, 5.74) is 1.30. The topological polar surface area (TPSA) is 47.3 Å². The molecule has 1 N–H and O–H groups in total. The minimum atomic E-state index is -1.08. The SMILES string of the molecule is COc1cccc(C(O)c2cn(C)nc2C(C)(C)C)c1F. The Morgan fingerprint density at radius 2 is 1.95 bits per heavy atom. The van der Waals surface area contributed by atoms with Crippen molar-refractivity contribution in [2.45, 2.75) is 32.3 Å². The minimum Gasteiger partial charge on any atom is -0.494 e. The molecule has 0 spiro atoms. The van der Waals surface area contributed by atoms with Crippen molar-refractivity contribution in [2.75, 3.05) is 7.11 Å². The zero-order chi connectivity index (χ0) is 15.8. The normalized spacial score (nSPS) is 13.3. The van der Waals surface area contributed by atoms with E-state index in [9.17, 15) is 9.50 Å². The van der Waals surface area contributed by atoms with Crippen molar-refractivity contribution >= 4 is 0 Å². The molecule has 2 rings (SSSR count). The van der Waals surface area contributed by atoms with E-state index in [-0.39, 0.29) is 16.7 Å². The molecule has 0 saturated heterocycles. The van der Waals surface area contributed by atoms with E-state index >= 15 is 0 Å². The summed E-state index contributed by atoms with van der Waals surface area (Å²) < 4.78 is 20.9. The lowest BCUT2D eigenvalue weighted by atomic mass is 9.87. The summed E-state index contributed by atoms with van der Waals surface area (Å²) in [5.74, 6) is -0.427. The largest absolute Gasteiger partial charge is 0.494 e. The molecule has 4 nitrogen and oxygen atoms in total. The molecular weight excluding hydrogens is 271 g/mol. The highest BCUT2D eigenvalue weighted by molar-refractivity contribution is 5.39. The smallest absolute Gasteiger partial charge is 0.171 e. The van der Waals surface area contributed by atoms with E-state index in [1.54, 1.807) is 30.1 Å². The van der Waals surface area contributed by atoms with Gasteiger partial charge in [0.25, 0.3) is 0 Å². The van der Waals surface area contributed by atoms with Crippen LogP contribution in [0.3, 0.4) is 0 Å². The lowest BCUT2D eigenvalue weighted by molar-refractivity contribution is 0.210. The highest BCUT2D eigenvalue weighted by Gasteiger charge is 2.28. The maximum absolute atomic E-state index is 14.3. The van der Waals surface area contributed by atoms with Crippen LogP contribution in [0.15, 0.2) is 24.4 Å². The average molecular weight is 292 g/mol. The predicted octanol–water partition coefficient (Wildman–Crippen LogP) is 2.95. The fraction of sp³-hybridized carbons (Fsp3) is 0.438. The molecule has 0 saturated carbocycles. The van der Waals surface area contributed by atoms with Gasteiger partial charge in [0, 0.05) is 29.8 Å². The van der Waals surface area contributed by atoms with Crippen molar-refractivity contribution in [3.05, 3.63) is 47.0 Å². The quantitative estimate of drug-likeness (QED) is 0.946. The van der Waals surface area contributed by atoms with E-state index in [1.165, 1.54) is 13.2 Å². The molecule has 5 heteroatoms. The Hall–Kier alpha value is -1.88. The monoisotopic (exact) mass is 292 g/mol. The van der Waals surface area contributed by atoms with Gasteiger partial charge >= 0.3 is 0 Å². The van der Waals surface area contributed by atoms with Crippen LogP contribution in [0.5, 0.6) is 5.75 Å². The van der Waals surface area contributed by atoms with Gasteiger partial charge in [0.05, 0.1) is 12.8 Å². The molecule has 0 aliphatic rings. The first-order valence-electron chi connectivity index (χ1n) is 6.80. The van der Waals surface area contributed by atoms with Gasteiger partial charge in [-0.2, -0.15) is 5.10 Å². The number of aromatic nitrogens is 2. The molecule has 0 radical (unpaired) electrons. The van der Waals surface area contributed by atoms with Gasteiger partial charge in [0.15, 0.2) is 11.6 Å². The molecule has 1 heterocycles. The first kappa shape index (κ1) is 15.5. The van der Waals surface area contributed by atoms with Crippen LogP contribution in [0.2, 0.25) is 0 Å². The number of halogens is 1. The lowest BCUT2D eigenvalue weighted by Gasteiger charge is -2.20. The van der Waals surface area contributed by atoms with E-state index < -0.39 is 11.9 Å². The number of benzene rings is 1. The third-order valence-corrected chi connectivity index (χ3v) is 3.37.